The first kappa shape index (κ1) is 16.6. The largest absolute Gasteiger partial charge is 0.417 e. The molecular weight excluding hydrogens is 335 g/mol. The fourth-order valence-corrected chi connectivity index (χ4v) is 2.12. The first-order valence-corrected chi connectivity index (χ1v) is 7.20. The van der Waals surface area contributed by atoms with Crippen LogP contribution in [0.15, 0.2) is 59.8 Å². The zero-order valence-corrected chi connectivity index (χ0v) is 12.8. The van der Waals surface area contributed by atoms with E-state index in [0.29, 0.717) is 5.82 Å². The predicted molar refractivity (Wildman–Crippen MR) is 83.0 cm³/mol. The maximum absolute atomic E-state index is 12.9. The molecule has 3 aromatic rings. The highest BCUT2D eigenvalue weighted by Crippen LogP contribution is 2.31. The summed E-state index contributed by atoms with van der Waals surface area (Å²) in [6.07, 6.45) is -3.44. The van der Waals surface area contributed by atoms with E-state index in [1.165, 1.54) is 22.9 Å². The van der Waals surface area contributed by atoms with Gasteiger partial charge in [-0.2, -0.15) is 17.9 Å². The van der Waals surface area contributed by atoms with Crippen molar-refractivity contribution in [1.82, 2.24) is 20.2 Å². The summed E-state index contributed by atoms with van der Waals surface area (Å²) in [5.74, 6) is 0.368. The lowest BCUT2D eigenvalue weighted by molar-refractivity contribution is -0.137. The lowest BCUT2D eigenvalue weighted by Gasteiger charge is -2.09. The van der Waals surface area contributed by atoms with Gasteiger partial charge in [0.15, 0.2) is 12.4 Å². The summed E-state index contributed by atoms with van der Waals surface area (Å²) in [5, 5.41) is 14.8. The number of rotatable bonds is 5. The van der Waals surface area contributed by atoms with Crippen LogP contribution in [0.2, 0.25) is 0 Å². The third-order valence-electron chi connectivity index (χ3n) is 3.26. The van der Waals surface area contributed by atoms with E-state index in [1.807, 2.05) is 30.3 Å². The Morgan fingerprint density at radius 1 is 1.04 bits per heavy atom. The van der Waals surface area contributed by atoms with Crippen molar-refractivity contribution in [2.24, 2.45) is 5.16 Å². The molecule has 0 aliphatic heterocycles. The fraction of sp³-hybridized carbons (Fsp3) is 0.125. The van der Waals surface area contributed by atoms with E-state index in [4.69, 9.17) is 4.84 Å². The second-order valence-electron chi connectivity index (χ2n) is 4.94. The summed E-state index contributed by atoms with van der Waals surface area (Å²) in [6, 6.07) is 14.2. The molecule has 3 rings (SSSR count). The van der Waals surface area contributed by atoms with Gasteiger partial charge in [0.05, 0.1) is 17.5 Å². The number of oxime groups is 1. The molecule has 25 heavy (non-hydrogen) atoms. The van der Waals surface area contributed by atoms with Crippen molar-refractivity contribution in [2.75, 3.05) is 0 Å². The molecule has 0 radical (unpaired) electrons. The Labute approximate surface area is 140 Å². The number of nitrogens with zero attached hydrogens (tertiary/aromatic N) is 5. The molecule has 0 unspecified atom stereocenters. The van der Waals surface area contributed by atoms with Gasteiger partial charge in [-0.15, -0.1) is 5.10 Å². The lowest BCUT2D eigenvalue weighted by Crippen LogP contribution is -2.08. The van der Waals surface area contributed by atoms with Crippen molar-refractivity contribution in [3.63, 3.8) is 0 Å². The standard InChI is InChI=1S/C16H12F3N5O/c17-16(18,19)14-9-5-4-6-12(14)10-20-25-11-15-21-22-23-24(15)13-7-2-1-3-8-13/h1-10H,11H2/b20-10+. The van der Waals surface area contributed by atoms with Crippen molar-refractivity contribution >= 4 is 6.21 Å². The molecule has 0 bridgehead atoms. The maximum atomic E-state index is 12.9. The van der Waals surface area contributed by atoms with Gasteiger partial charge in [0.25, 0.3) is 0 Å². The van der Waals surface area contributed by atoms with Gasteiger partial charge in [-0.3, -0.25) is 0 Å². The van der Waals surface area contributed by atoms with Gasteiger partial charge < -0.3 is 4.84 Å². The Kier molecular flexibility index (Phi) is 4.73. The van der Waals surface area contributed by atoms with Gasteiger partial charge in [-0.25, -0.2) is 0 Å². The highest BCUT2D eigenvalue weighted by Gasteiger charge is 2.32. The molecule has 0 aliphatic carbocycles. The van der Waals surface area contributed by atoms with Gasteiger partial charge in [-0.05, 0) is 28.6 Å². The molecule has 0 saturated heterocycles. The Balaban J connectivity index is 1.69. The van der Waals surface area contributed by atoms with Crippen LogP contribution in [0.3, 0.4) is 0 Å². The lowest BCUT2D eigenvalue weighted by atomic mass is 10.1. The van der Waals surface area contributed by atoms with Crippen molar-refractivity contribution in [3.8, 4) is 5.69 Å². The van der Waals surface area contributed by atoms with Crippen LogP contribution in [-0.4, -0.2) is 26.4 Å². The summed E-state index contributed by atoms with van der Waals surface area (Å²) in [4.78, 5) is 5.05. The number of para-hydroxylation sites is 1. The zero-order chi connectivity index (χ0) is 17.7. The first-order valence-electron chi connectivity index (χ1n) is 7.20. The predicted octanol–water partition coefficient (Wildman–Crippen LogP) is 3.23. The summed E-state index contributed by atoms with van der Waals surface area (Å²) in [5.41, 5.74) is -0.133. The summed E-state index contributed by atoms with van der Waals surface area (Å²) >= 11 is 0. The van der Waals surface area contributed by atoms with Crippen molar-refractivity contribution in [2.45, 2.75) is 12.8 Å². The number of aromatic nitrogens is 4. The minimum absolute atomic E-state index is 0.0855. The highest BCUT2D eigenvalue weighted by atomic mass is 19.4. The van der Waals surface area contributed by atoms with E-state index in [0.717, 1.165) is 18.0 Å². The van der Waals surface area contributed by atoms with Crippen LogP contribution >= 0.6 is 0 Å². The number of alkyl halides is 3. The normalized spacial score (nSPS) is 11.8. The van der Waals surface area contributed by atoms with E-state index < -0.39 is 11.7 Å². The molecule has 2 aromatic carbocycles. The summed E-state index contributed by atoms with van der Waals surface area (Å²) in [7, 11) is 0. The van der Waals surface area contributed by atoms with Gasteiger partial charge >= 0.3 is 6.18 Å². The summed E-state index contributed by atoms with van der Waals surface area (Å²) < 4.78 is 40.1. The zero-order valence-electron chi connectivity index (χ0n) is 12.8. The Morgan fingerprint density at radius 3 is 2.52 bits per heavy atom. The van der Waals surface area contributed by atoms with Crippen LogP contribution in [0.25, 0.3) is 5.69 Å². The van der Waals surface area contributed by atoms with Crippen LogP contribution < -0.4 is 0 Å². The Bertz CT molecular complexity index is 861. The van der Waals surface area contributed by atoms with Gasteiger partial charge in [-0.1, -0.05) is 41.6 Å². The highest BCUT2D eigenvalue weighted by molar-refractivity contribution is 5.81. The number of benzene rings is 2. The molecule has 0 amide bonds. The van der Waals surface area contributed by atoms with E-state index in [-0.39, 0.29) is 12.2 Å². The quantitative estimate of drug-likeness (QED) is 0.525. The maximum Gasteiger partial charge on any atom is 0.417 e. The number of tetrazole rings is 1. The number of halogens is 3. The van der Waals surface area contributed by atoms with Crippen LogP contribution in [0.1, 0.15) is 17.0 Å². The molecule has 0 aliphatic rings. The number of hydrogen-bond acceptors (Lipinski definition) is 5. The second-order valence-corrected chi connectivity index (χ2v) is 4.94. The molecule has 1 aromatic heterocycles. The van der Waals surface area contributed by atoms with Crippen LogP contribution in [0.4, 0.5) is 13.2 Å². The smallest absolute Gasteiger partial charge is 0.387 e. The Morgan fingerprint density at radius 2 is 1.76 bits per heavy atom. The SMILES string of the molecule is FC(F)(F)c1ccccc1/C=N/OCc1nnnn1-c1ccccc1. The molecule has 0 N–H and O–H groups in total. The van der Waals surface area contributed by atoms with E-state index in [9.17, 15) is 13.2 Å². The molecule has 6 nitrogen and oxygen atoms in total. The molecule has 9 heteroatoms. The molecule has 0 spiro atoms. The third kappa shape index (κ3) is 4.00. The summed E-state index contributed by atoms with van der Waals surface area (Å²) in [6.45, 7) is -0.0907. The molecule has 0 atom stereocenters. The average molecular weight is 347 g/mol. The Hall–Kier alpha value is -3.23. The minimum Gasteiger partial charge on any atom is -0.387 e. The van der Waals surface area contributed by atoms with Gasteiger partial charge in [0, 0.05) is 5.56 Å². The molecule has 0 fully saturated rings. The first-order chi connectivity index (χ1) is 12.1. The average Bonchev–Trinajstić information content (AvgIpc) is 3.07. The molecular formula is C16H12F3N5O. The van der Waals surface area contributed by atoms with E-state index in [1.54, 1.807) is 0 Å². The van der Waals surface area contributed by atoms with Crippen molar-refractivity contribution < 1.29 is 18.0 Å². The van der Waals surface area contributed by atoms with Gasteiger partial charge in [0.2, 0.25) is 0 Å². The number of hydrogen-bond donors (Lipinski definition) is 0. The van der Waals surface area contributed by atoms with Crippen LogP contribution in [0.5, 0.6) is 0 Å². The van der Waals surface area contributed by atoms with Crippen LogP contribution in [0, 0.1) is 0 Å². The van der Waals surface area contributed by atoms with Crippen molar-refractivity contribution in [1.29, 1.82) is 0 Å². The third-order valence-corrected chi connectivity index (χ3v) is 3.26. The fourth-order valence-electron chi connectivity index (χ4n) is 2.12. The molecule has 1 heterocycles. The molecule has 128 valence electrons. The second kappa shape index (κ2) is 7.12. The minimum atomic E-state index is -4.46. The van der Waals surface area contributed by atoms with E-state index in [2.05, 4.69) is 20.7 Å². The van der Waals surface area contributed by atoms with Gasteiger partial charge in [0.1, 0.15) is 0 Å². The topological polar surface area (TPSA) is 65.2 Å². The van der Waals surface area contributed by atoms with E-state index >= 15 is 0 Å². The molecule has 0 saturated carbocycles. The van der Waals surface area contributed by atoms with Crippen LogP contribution in [-0.2, 0) is 17.6 Å². The monoisotopic (exact) mass is 347 g/mol. The van der Waals surface area contributed by atoms with Crippen molar-refractivity contribution in [3.05, 3.63) is 71.5 Å².